The Morgan fingerprint density at radius 3 is 2.68 bits per heavy atom. The Balaban J connectivity index is 1.37. The topological polar surface area (TPSA) is 111 Å². The molecule has 4 heterocycles. The van der Waals surface area contributed by atoms with E-state index >= 15 is 0 Å². The molecule has 1 aliphatic rings. The predicted molar refractivity (Wildman–Crippen MR) is 144 cm³/mol. The first-order chi connectivity index (χ1) is 18.6. The summed E-state index contributed by atoms with van der Waals surface area (Å²) in [5.41, 5.74) is 0.755. The molecule has 2 atom stereocenters. The van der Waals surface area contributed by atoms with Gasteiger partial charge in [-0.05, 0) is 65.2 Å². The van der Waals surface area contributed by atoms with Gasteiger partial charge in [-0.3, -0.25) is 9.59 Å². The zero-order chi connectivity index (χ0) is 26.3. The zero-order valence-electron chi connectivity index (χ0n) is 20.9. The second-order valence-corrected chi connectivity index (χ2v) is 10.8. The normalized spacial score (nSPS) is 15.8. The summed E-state index contributed by atoms with van der Waals surface area (Å²) in [5, 5.41) is 19.5. The smallest absolute Gasteiger partial charge is 0.248 e. The van der Waals surface area contributed by atoms with Gasteiger partial charge < -0.3 is 19.7 Å². The number of carbonyl (C=O) groups excluding carboxylic acids is 2. The number of aromatic nitrogens is 4. The summed E-state index contributed by atoms with van der Waals surface area (Å²) in [6.45, 7) is 1.25. The molecule has 1 aromatic carbocycles. The molecule has 3 aromatic heterocycles. The first-order valence-electron chi connectivity index (χ1n) is 12.3. The highest BCUT2D eigenvalue weighted by Crippen LogP contribution is 2.29. The highest BCUT2D eigenvalue weighted by molar-refractivity contribution is 7.10. The molecule has 12 heteroatoms. The fraction of sp³-hybridized carbons (Fsp3) is 0.346. The SMILES string of the molecule is COc1ccc(-c2nnn(CC(=O)N(Cc3cccs3)C(C(=O)NCC3CCCO3)c3cccs3)n2)cc1. The molecule has 2 amide bonds. The van der Waals surface area contributed by atoms with Gasteiger partial charge in [0.05, 0.1) is 19.8 Å². The molecule has 0 bridgehead atoms. The number of rotatable bonds is 11. The van der Waals surface area contributed by atoms with E-state index in [9.17, 15) is 9.59 Å². The fourth-order valence-electron chi connectivity index (χ4n) is 4.26. The van der Waals surface area contributed by atoms with Crippen molar-refractivity contribution in [3.05, 3.63) is 69.0 Å². The highest BCUT2D eigenvalue weighted by atomic mass is 32.1. The average molecular weight is 553 g/mol. The molecule has 1 N–H and O–H groups in total. The quantitative estimate of drug-likeness (QED) is 0.303. The molecule has 10 nitrogen and oxygen atoms in total. The van der Waals surface area contributed by atoms with Gasteiger partial charge in [0.25, 0.3) is 0 Å². The highest BCUT2D eigenvalue weighted by Gasteiger charge is 2.33. The second-order valence-electron chi connectivity index (χ2n) is 8.77. The molecule has 1 fully saturated rings. The van der Waals surface area contributed by atoms with Crippen molar-refractivity contribution < 1.29 is 19.1 Å². The van der Waals surface area contributed by atoms with Crippen LogP contribution >= 0.6 is 22.7 Å². The Labute approximate surface area is 228 Å². The number of hydrogen-bond donors (Lipinski definition) is 1. The number of tetrazole rings is 1. The van der Waals surface area contributed by atoms with E-state index in [-0.39, 0.29) is 31.0 Å². The lowest BCUT2D eigenvalue weighted by atomic mass is 10.1. The molecule has 1 saturated heterocycles. The van der Waals surface area contributed by atoms with Gasteiger partial charge in [0, 0.05) is 28.5 Å². The summed E-state index contributed by atoms with van der Waals surface area (Å²) < 4.78 is 10.9. The van der Waals surface area contributed by atoms with Crippen LogP contribution < -0.4 is 10.1 Å². The fourth-order valence-corrected chi connectivity index (χ4v) is 5.80. The zero-order valence-corrected chi connectivity index (χ0v) is 22.5. The van der Waals surface area contributed by atoms with E-state index in [1.54, 1.807) is 12.0 Å². The monoisotopic (exact) mass is 552 g/mol. The van der Waals surface area contributed by atoms with E-state index in [2.05, 4.69) is 20.7 Å². The van der Waals surface area contributed by atoms with Crippen molar-refractivity contribution in [3.8, 4) is 17.1 Å². The van der Waals surface area contributed by atoms with Crippen LogP contribution in [0.1, 0.15) is 28.6 Å². The van der Waals surface area contributed by atoms with Crippen molar-refractivity contribution in [2.45, 2.75) is 38.1 Å². The summed E-state index contributed by atoms with van der Waals surface area (Å²) >= 11 is 2.98. The van der Waals surface area contributed by atoms with E-state index in [1.807, 2.05) is 59.3 Å². The Bertz CT molecular complexity index is 1320. The lowest BCUT2D eigenvalue weighted by Gasteiger charge is -2.30. The molecular weight excluding hydrogens is 524 g/mol. The Kier molecular flexibility index (Phi) is 8.41. The molecule has 0 spiro atoms. The van der Waals surface area contributed by atoms with Crippen LogP contribution in [-0.4, -0.2) is 63.3 Å². The minimum absolute atomic E-state index is 0.0000995. The maximum Gasteiger partial charge on any atom is 0.248 e. The number of methoxy groups -OCH3 is 1. The van der Waals surface area contributed by atoms with Crippen molar-refractivity contribution >= 4 is 34.5 Å². The van der Waals surface area contributed by atoms with Crippen molar-refractivity contribution in [3.63, 3.8) is 0 Å². The van der Waals surface area contributed by atoms with Gasteiger partial charge in [-0.25, -0.2) is 0 Å². The van der Waals surface area contributed by atoms with Crippen LogP contribution in [0, 0.1) is 0 Å². The van der Waals surface area contributed by atoms with Gasteiger partial charge in [0.15, 0.2) is 0 Å². The number of nitrogens with one attached hydrogen (secondary N) is 1. The maximum atomic E-state index is 13.8. The van der Waals surface area contributed by atoms with Gasteiger partial charge in [-0.15, -0.1) is 32.9 Å². The van der Waals surface area contributed by atoms with Crippen molar-refractivity contribution in [1.29, 1.82) is 0 Å². The van der Waals surface area contributed by atoms with Crippen molar-refractivity contribution in [1.82, 2.24) is 30.4 Å². The number of nitrogens with zero attached hydrogens (tertiary/aromatic N) is 5. The number of benzene rings is 1. The number of hydrogen-bond acceptors (Lipinski definition) is 9. The number of ether oxygens (including phenoxy) is 2. The standard InChI is InChI=1S/C26H28N6O4S2/c1-35-19-10-8-18(9-11-19)25-28-30-32(29-25)17-23(33)31(16-21-6-3-13-37-21)24(22-7-4-14-38-22)26(34)27-15-20-5-2-12-36-20/h3-4,6-11,13-14,20,24H,2,5,12,15-17H2,1H3,(H,27,34). The van der Waals surface area contributed by atoms with Crippen LogP contribution in [0.2, 0.25) is 0 Å². The average Bonchev–Trinajstić information content (AvgIpc) is 3.76. The first kappa shape index (κ1) is 26.0. The van der Waals surface area contributed by atoms with Crippen molar-refractivity contribution in [2.75, 3.05) is 20.3 Å². The molecule has 1 aliphatic heterocycles. The van der Waals surface area contributed by atoms with Crippen LogP contribution in [0.4, 0.5) is 0 Å². The predicted octanol–water partition coefficient (Wildman–Crippen LogP) is 3.54. The van der Waals surface area contributed by atoms with Crippen LogP contribution in [-0.2, 0) is 27.4 Å². The van der Waals surface area contributed by atoms with Gasteiger partial charge in [-0.1, -0.05) is 12.1 Å². The Morgan fingerprint density at radius 1 is 1.18 bits per heavy atom. The van der Waals surface area contributed by atoms with Crippen molar-refractivity contribution in [2.24, 2.45) is 0 Å². The van der Waals surface area contributed by atoms with Gasteiger partial charge in [-0.2, -0.15) is 4.80 Å². The van der Waals surface area contributed by atoms with Gasteiger partial charge >= 0.3 is 0 Å². The molecule has 0 radical (unpaired) electrons. The van der Waals surface area contributed by atoms with Crippen LogP contribution in [0.15, 0.2) is 59.3 Å². The van der Waals surface area contributed by atoms with E-state index in [0.29, 0.717) is 19.0 Å². The summed E-state index contributed by atoms with van der Waals surface area (Å²) in [4.78, 5) is 31.9. The largest absolute Gasteiger partial charge is 0.497 e. The van der Waals surface area contributed by atoms with E-state index in [1.165, 1.54) is 27.5 Å². The lowest BCUT2D eigenvalue weighted by Crippen LogP contribution is -2.45. The van der Waals surface area contributed by atoms with E-state index < -0.39 is 6.04 Å². The summed E-state index contributed by atoms with van der Waals surface area (Å²) in [6, 6.07) is 14.1. The minimum Gasteiger partial charge on any atom is -0.497 e. The third kappa shape index (κ3) is 6.26. The van der Waals surface area contributed by atoms with Crippen LogP contribution in [0.3, 0.4) is 0 Å². The van der Waals surface area contributed by atoms with E-state index in [4.69, 9.17) is 9.47 Å². The maximum absolute atomic E-state index is 13.8. The Morgan fingerprint density at radius 2 is 2.00 bits per heavy atom. The molecule has 198 valence electrons. The number of carbonyl (C=O) groups is 2. The van der Waals surface area contributed by atoms with Crippen LogP contribution in [0.25, 0.3) is 11.4 Å². The molecule has 0 saturated carbocycles. The van der Waals surface area contributed by atoms with Crippen LogP contribution in [0.5, 0.6) is 5.75 Å². The first-order valence-corrected chi connectivity index (χ1v) is 14.0. The van der Waals surface area contributed by atoms with Gasteiger partial charge in [0.1, 0.15) is 18.3 Å². The minimum atomic E-state index is -0.796. The molecule has 38 heavy (non-hydrogen) atoms. The molecule has 4 aromatic rings. The summed E-state index contributed by atoms with van der Waals surface area (Å²) in [7, 11) is 1.60. The lowest BCUT2D eigenvalue weighted by molar-refractivity contribution is -0.142. The van der Waals surface area contributed by atoms with Gasteiger partial charge in [0.2, 0.25) is 17.6 Å². The summed E-state index contributed by atoms with van der Waals surface area (Å²) in [5.74, 6) is 0.591. The third-order valence-electron chi connectivity index (χ3n) is 6.21. The molecular formula is C26H28N6O4S2. The molecule has 5 rings (SSSR count). The third-order valence-corrected chi connectivity index (χ3v) is 7.99. The summed E-state index contributed by atoms with van der Waals surface area (Å²) in [6.07, 6.45) is 1.90. The number of thiophene rings is 2. The molecule has 0 aliphatic carbocycles. The number of amides is 2. The molecule has 2 unspecified atom stereocenters. The van der Waals surface area contributed by atoms with E-state index in [0.717, 1.165) is 33.9 Å². The Hall–Kier alpha value is -3.61. The second kappa shape index (κ2) is 12.3.